The predicted molar refractivity (Wildman–Crippen MR) is 70.8 cm³/mol. The molecule has 1 atom stereocenters. The molecule has 0 bridgehead atoms. The third-order valence-electron chi connectivity index (χ3n) is 2.87. The van der Waals surface area contributed by atoms with Gasteiger partial charge >= 0.3 is 0 Å². The van der Waals surface area contributed by atoms with Crippen molar-refractivity contribution in [2.24, 2.45) is 11.7 Å². The molecule has 0 saturated heterocycles. The van der Waals surface area contributed by atoms with E-state index < -0.39 is 11.9 Å². The van der Waals surface area contributed by atoms with Crippen LogP contribution in [0.15, 0.2) is 24.3 Å². The van der Waals surface area contributed by atoms with Crippen LogP contribution in [-0.4, -0.2) is 17.9 Å². The molecule has 18 heavy (non-hydrogen) atoms. The molecule has 0 aromatic heterocycles. The second kappa shape index (κ2) is 6.19. The number of amides is 2. The summed E-state index contributed by atoms with van der Waals surface area (Å²) in [5.41, 5.74) is 7.43. The molecule has 0 radical (unpaired) electrons. The minimum Gasteiger partial charge on any atom is -0.368 e. The standard InChI is InChI=1S/C14H20N2O2/c1-9(2)14(18)16-12(13(15)17)8-11-7-5-4-6-10(11)3/h4-7,9,12H,8H2,1-3H3,(H2,15,17)(H,16,18)/t12-/m1/s1. The van der Waals surface area contributed by atoms with E-state index in [1.54, 1.807) is 13.8 Å². The Bertz CT molecular complexity index is 441. The molecule has 1 aromatic carbocycles. The molecule has 4 nitrogen and oxygen atoms in total. The van der Waals surface area contributed by atoms with Crippen molar-refractivity contribution in [3.05, 3.63) is 35.4 Å². The molecule has 3 N–H and O–H groups in total. The van der Waals surface area contributed by atoms with E-state index in [-0.39, 0.29) is 11.8 Å². The summed E-state index contributed by atoms with van der Waals surface area (Å²) in [5.74, 6) is -0.830. The van der Waals surface area contributed by atoms with Gasteiger partial charge in [0.25, 0.3) is 0 Å². The van der Waals surface area contributed by atoms with Gasteiger partial charge < -0.3 is 11.1 Å². The number of carbonyl (C=O) groups is 2. The van der Waals surface area contributed by atoms with E-state index >= 15 is 0 Å². The minimum atomic E-state index is -0.652. The number of hydrogen-bond acceptors (Lipinski definition) is 2. The molecular weight excluding hydrogens is 228 g/mol. The zero-order chi connectivity index (χ0) is 13.7. The predicted octanol–water partition coefficient (Wildman–Crippen LogP) is 1.16. The van der Waals surface area contributed by atoms with Gasteiger partial charge in [-0.2, -0.15) is 0 Å². The lowest BCUT2D eigenvalue weighted by molar-refractivity contribution is -0.129. The zero-order valence-corrected chi connectivity index (χ0v) is 11.1. The zero-order valence-electron chi connectivity index (χ0n) is 11.1. The number of nitrogens with two attached hydrogens (primary N) is 1. The van der Waals surface area contributed by atoms with Crippen LogP contribution in [0.2, 0.25) is 0 Å². The fourth-order valence-electron chi connectivity index (χ4n) is 1.62. The first-order valence-electron chi connectivity index (χ1n) is 6.06. The van der Waals surface area contributed by atoms with Crippen molar-refractivity contribution in [2.75, 3.05) is 0 Å². The van der Waals surface area contributed by atoms with Gasteiger partial charge in [0.05, 0.1) is 0 Å². The fourth-order valence-corrected chi connectivity index (χ4v) is 1.62. The molecular formula is C14H20N2O2. The molecule has 1 aromatic rings. The van der Waals surface area contributed by atoms with E-state index in [1.165, 1.54) is 0 Å². The number of benzene rings is 1. The molecule has 4 heteroatoms. The van der Waals surface area contributed by atoms with Crippen LogP contribution in [0, 0.1) is 12.8 Å². The number of nitrogens with one attached hydrogen (secondary N) is 1. The van der Waals surface area contributed by atoms with Crippen molar-refractivity contribution in [3.63, 3.8) is 0 Å². The Hall–Kier alpha value is -1.84. The van der Waals surface area contributed by atoms with Gasteiger partial charge in [-0.25, -0.2) is 0 Å². The quantitative estimate of drug-likeness (QED) is 0.820. The maximum Gasteiger partial charge on any atom is 0.240 e. The Morgan fingerprint density at radius 2 is 1.89 bits per heavy atom. The first-order chi connectivity index (χ1) is 8.41. The molecule has 0 heterocycles. The van der Waals surface area contributed by atoms with Crippen LogP contribution in [0.1, 0.15) is 25.0 Å². The summed E-state index contributed by atoms with van der Waals surface area (Å²) < 4.78 is 0. The van der Waals surface area contributed by atoms with Gasteiger partial charge in [-0.3, -0.25) is 9.59 Å². The number of carbonyl (C=O) groups excluding carboxylic acids is 2. The number of rotatable bonds is 5. The van der Waals surface area contributed by atoms with Crippen LogP contribution in [0.4, 0.5) is 0 Å². The smallest absolute Gasteiger partial charge is 0.240 e. The second-order valence-corrected chi connectivity index (χ2v) is 4.75. The molecule has 98 valence electrons. The van der Waals surface area contributed by atoms with E-state index in [2.05, 4.69) is 5.32 Å². The highest BCUT2D eigenvalue weighted by Gasteiger charge is 2.20. The van der Waals surface area contributed by atoms with Crippen LogP contribution in [0.25, 0.3) is 0 Å². The highest BCUT2D eigenvalue weighted by atomic mass is 16.2. The summed E-state index contributed by atoms with van der Waals surface area (Å²) in [6, 6.07) is 7.10. The first kappa shape index (κ1) is 14.2. The van der Waals surface area contributed by atoms with Crippen LogP contribution in [0.5, 0.6) is 0 Å². The molecule has 0 aliphatic heterocycles. The lowest BCUT2D eigenvalue weighted by Gasteiger charge is -2.18. The summed E-state index contributed by atoms with van der Waals surface area (Å²) in [6.07, 6.45) is 0.431. The second-order valence-electron chi connectivity index (χ2n) is 4.75. The summed E-state index contributed by atoms with van der Waals surface area (Å²) in [4.78, 5) is 23.0. The Morgan fingerprint density at radius 3 is 2.39 bits per heavy atom. The van der Waals surface area contributed by atoms with Gasteiger partial charge in [-0.15, -0.1) is 0 Å². The molecule has 0 spiro atoms. The monoisotopic (exact) mass is 248 g/mol. The average Bonchev–Trinajstić information content (AvgIpc) is 2.30. The van der Waals surface area contributed by atoms with E-state index in [9.17, 15) is 9.59 Å². The molecule has 0 aliphatic carbocycles. The summed E-state index contributed by atoms with van der Waals surface area (Å²) in [6.45, 7) is 5.53. The molecule has 0 aliphatic rings. The third-order valence-corrected chi connectivity index (χ3v) is 2.87. The summed E-state index contributed by atoms with van der Waals surface area (Å²) in [7, 11) is 0. The normalized spacial score (nSPS) is 12.2. The Kier molecular flexibility index (Phi) is 4.89. The van der Waals surface area contributed by atoms with Crippen molar-refractivity contribution in [3.8, 4) is 0 Å². The molecule has 1 rings (SSSR count). The summed E-state index contributed by atoms with van der Waals surface area (Å²) in [5, 5.41) is 2.68. The SMILES string of the molecule is Cc1ccccc1C[C@@H](NC(=O)C(C)C)C(N)=O. The van der Waals surface area contributed by atoms with Crippen molar-refractivity contribution in [2.45, 2.75) is 33.2 Å². The van der Waals surface area contributed by atoms with Crippen molar-refractivity contribution in [1.82, 2.24) is 5.32 Å². The highest BCUT2D eigenvalue weighted by molar-refractivity contribution is 5.87. The van der Waals surface area contributed by atoms with Crippen LogP contribution < -0.4 is 11.1 Å². The van der Waals surface area contributed by atoms with Gasteiger partial charge in [-0.1, -0.05) is 38.1 Å². The maximum absolute atomic E-state index is 11.6. The number of aryl methyl sites for hydroxylation is 1. The van der Waals surface area contributed by atoms with Crippen LogP contribution >= 0.6 is 0 Å². The van der Waals surface area contributed by atoms with E-state index in [4.69, 9.17) is 5.73 Å². The van der Waals surface area contributed by atoms with Gasteiger partial charge in [0.15, 0.2) is 0 Å². The Morgan fingerprint density at radius 1 is 1.28 bits per heavy atom. The number of hydrogen-bond donors (Lipinski definition) is 2. The third kappa shape index (κ3) is 3.87. The molecule has 2 amide bonds. The van der Waals surface area contributed by atoms with Gasteiger partial charge in [0.1, 0.15) is 6.04 Å². The summed E-state index contributed by atoms with van der Waals surface area (Å²) >= 11 is 0. The van der Waals surface area contributed by atoms with Gasteiger partial charge in [-0.05, 0) is 18.1 Å². The number of primary amides is 1. The molecule has 0 unspecified atom stereocenters. The fraction of sp³-hybridized carbons (Fsp3) is 0.429. The molecule has 0 fully saturated rings. The Balaban J connectivity index is 2.79. The van der Waals surface area contributed by atoms with Gasteiger partial charge in [0, 0.05) is 12.3 Å². The minimum absolute atomic E-state index is 0.160. The van der Waals surface area contributed by atoms with Gasteiger partial charge in [0.2, 0.25) is 11.8 Å². The Labute approximate surface area is 108 Å². The van der Waals surface area contributed by atoms with E-state index in [1.807, 2.05) is 31.2 Å². The highest BCUT2D eigenvalue weighted by Crippen LogP contribution is 2.10. The lowest BCUT2D eigenvalue weighted by Crippen LogP contribution is -2.47. The topological polar surface area (TPSA) is 72.2 Å². The van der Waals surface area contributed by atoms with E-state index in [0.29, 0.717) is 6.42 Å². The van der Waals surface area contributed by atoms with E-state index in [0.717, 1.165) is 11.1 Å². The largest absolute Gasteiger partial charge is 0.368 e. The van der Waals surface area contributed by atoms with Crippen molar-refractivity contribution < 1.29 is 9.59 Å². The van der Waals surface area contributed by atoms with Crippen LogP contribution in [0.3, 0.4) is 0 Å². The van der Waals surface area contributed by atoms with Crippen molar-refractivity contribution in [1.29, 1.82) is 0 Å². The van der Waals surface area contributed by atoms with Crippen molar-refractivity contribution >= 4 is 11.8 Å². The van der Waals surface area contributed by atoms with Crippen LogP contribution in [-0.2, 0) is 16.0 Å². The maximum atomic E-state index is 11.6. The first-order valence-corrected chi connectivity index (χ1v) is 6.06. The molecule has 0 saturated carbocycles. The average molecular weight is 248 g/mol. The lowest BCUT2D eigenvalue weighted by atomic mass is 10.0.